The Balaban J connectivity index is 1.70. The summed E-state index contributed by atoms with van der Waals surface area (Å²) in [5, 5.41) is 24.4. The van der Waals surface area contributed by atoms with Gasteiger partial charge in [-0.25, -0.2) is 0 Å². The first-order chi connectivity index (χ1) is 16.5. The van der Waals surface area contributed by atoms with Gasteiger partial charge in [-0.2, -0.15) is 0 Å². The van der Waals surface area contributed by atoms with Gasteiger partial charge < -0.3 is 25.0 Å². The number of anilines is 1. The zero-order chi connectivity index (χ0) is 24.5. The lowest BCUT2D eigenvalue weighted by molar-refractivity contribution is -0.113. The average Bonchev–Trinajstić information content (AvgIpc) is 3.25. The van der Waals surface area contributed by atoms with E-state index >= 15 is 0 Å². The number of para-hydroxylation sites is 1. The van der Waals surface area contributed by atoms with Gasteiger partial charge in [0.1, 0.15) is 11.8 Å². The van der Waals surface area contributed by atoms with Crippen LogP contribution >= 0.6 is 11.8 Å². The number of benzene rings is 2. The number of amides is 2. The Morgan fingerprint density at radius 3 is 2.59 bits per heavy atom. The number of hydrogen-bond donors (Lipinski definition) is 3. The molecule has 10 heteroatoms. The second-order valence-corrected chi connectivity index (χ2v) is 8.27. The fourth-order valence-corrected chi connectivity index (χ4v) is 3.93. The summed E-state index contributed by atoms with van der Waals surface area (Å²) in [6, 6.07) is 13.4. The summed E-state index contributed by atoms with van der Waals surface area (Å²) in [7, 11) is 1.55. The number of carbonyl (C=O) groups excluding carboxylic acids is 2. The number of hydrogen-bond acceptors (Lipinski definition) is 7. The molecule has 0 saturated carbocycles. The van der Waals surface area contributed by atoms with Gasteiger partial charge in [-0.05, 0) is 42.8 Å². The Bertz CT molecular complexity index is 1150. The average molecular weight is 482 g/mol. The van der Waals surface area contributed by atoms with Crippen molar-refractivity contribution < 1.29 is 19.4 Å². The summed E-state index contributed by atoms with van der Waals surface area (Å²) in [5.74, 6) is 0.563. The molecule has 0 spiro atoms. The number of aliphatic hydroxyl groups excluding tert-OH is 1. The summed E-state index contributed by atoms with van der Waals surface area (Å²) in [6.45, 7) is 5.65. The molecular formula is C24H27N5O4S. The van der Waals surface area contributed by atoms with E-state index in [1.54, 1.807) is 42.0 Å². The van der Waals surface area contributed by atoms with Gasteiger partial charge in [0.2, 0.25) is 5.91 Å². The smallest absolute Gasteiger partial charge is 0.251 e. The van der Waals surface area contributed by atoms with E-state index < -0.39 is 6.04 Å². The fourth-order valence-electron chi connectivity index (χ4n) is 3.17. The lowest BCUT2D eigenvalue weighted by atomic mass is 10.2. The monoisotopic (exact) mass is 481 g/mol. The molecule has 3 rings (SSSR count). The third kappa shape index (κ3) is 6.24. The largest absolute Gasteiger partial charge is 0.497 e. The van der Waals surface area contributed by atoms with Crippen molar-refractivity contribution in [3.63, 3.8) is 0 Å². The Labute approximate surface area is 202 Å². The van der Waals surface area contributed by atoms with E-state index in [0.29, 0.717) is 28.8 Å². The van der Waals surface area contributed by atoms with Crippen LogP contribution in [0.4, 0.5) is 5.69 Å². The molecular weight excluding hydrogens is 454 g/mol. The van der Waals surface area contributed by atoms with Crippen LogP contribution in [-0.2, 0) is 11.3 Å². The SMILES string of the molecule is C=CCn1c(SCC(=O)Nc2ccccc2C)nnc1[C@H](CO)NC(=O)c1ccc(OC)cc1. The molecule has 0 aliphatic heterocycles. The number of nitrogens with zero attached hydrogens (tertiary/aromatic N) is 3. The summed E-state index contributed by atoms with van der Waals surface area (Å²) in [6.07, 6.45) is 1.66. The van der Waals surface area contributed by atoms with E-state index in [4.69, 9.17) is 4.74 Å². The summed E-state index contributed by atoms with van der Waals surface area (Å²) >= 11 is 1.21. The van der Waals surface area contributed by atoms with Crippen LogP contribution in [-0.4, -0.2) is 51.2 Å². The first-order valence-electron chi connectivity index (χ1n) is 10.5. The molecule has 0 unspecified atom stereocenters. The summed E-state index contributed by atoms with van der Waals surface area (Å²) in [5.41, 5.74) is 2.13. The Morgan fingerprint density at radius 1 is 1.21 bits per heavy atom. The van der Waals surface area contributed by atoms with Crippen LogP contribution in [0.2, 0.25) is 0 Å². The van der Waals surface area contributed by atoms with Crippen molar-refractivity contribution in [3.05, 3.63) is 78.1 Å². The first kappa shape index (κ1) is 25.0. The van der Waals surface area contributed by atoms with Crippen LogP contribution in [0.15, 0.2) is 66.3 Å². The Morgan fingerprint density at radius 2 is 1.94 bits per heavy atom. The van der Waals surface area contributed by atoms with Crippen molar-refractivity contribution in [2.45, 2.75) is 24.7 Å². The van der Waals surface area contributed by atoms with Crippen molar-refractivity contribution in [2.75, 3.05) is 24.8 Å². The van der Waals surface area contributed by atoms with E-state index in [2.05, 4.69) is 27.4 Å². The maximum absolute atomic E-state index is 12.7. The molecule has 3 N–H and O–H groups in total. The number of ether oxygens (including phenoxy) is 1. The van der Waals surface area contributed by atoms with Gasteiger partial charge in [0.05, 0.1) is 19.5 Å². The highest BCUT2D eigenvalue weighted by molar-refractivity contribution is 7.99. The van der Waals surface area contributed by atoms with Crippen molar-refractivity contribution in [2.24, 2.45) is 0 Å². The van der Waals surface area contributed by atoms with E-state index in [-0.39, 0.29) is 24.2 Å². The van der Waals surface area contributed by atoms with Gasteiger partial charge in [0.25, 0.3) is 5.91 Å². The van der Waals surface area contributed by atoms with Crippen LogP contribution in [0.25, 0.3) is 0 Å². The predicted octanol–water partition coefficient (Wildman–Crippen LogP) is 2.98. The number of aliphatic hydroxyl groups is 1. The number of rotatable bonds is 11. The van der Waals surface area contributed by atoms with Crippen molar-refractivity contribution in [1.82, 2.24) is 20.1 Å². The van der Waals surface area contributed by atoms with Crippen LogP contribution in [0.5, 0.6) is 5.75 Å². The first-order valence-corrected chi connectivity index (χ1v) is 11.5. The molecule has 0 aliphatic carbocycles. The number of allylic oxidation sites excluding steroid dienone is 1. The second kappa shape index (κ2) is 12.0. The lowest BCUT2D eigenvalue weighted by Gasteiger charge is -2.17. The topological polar surface area (TPSA) is 118 Å². The molecule has 0 fully saturated rings. The lowest BCUT2D eigenvalue weighted by Crippen LogP contribution is -2.33. The summed E-state index contributed by atoms with van der Waals surface area (Å²) < 4.78 is 6.83. The van der Waals surface area contributed by atoms with Gasteiger partial charge in [-0.3, -0.25) is 9.59 Å². The maximum Gasteiger partial charge on any atom is 0.251 e. The number of carbonyl (C=O) groups is 2. The van der Waals surface area contributed by atoms with E-state index in [1.165, 1.54) is 11.8 Å². The quantitative estimate of drug-likeness (QED) is 0.285. The van der Waals surface area contributed by atoms with Crippen molar-refractivity contribution in [1.29, 1.82) is 0 Å². The molecule has 0 aliphatic rings. The number of aryl methyl sites for hydroxylation is 1. The molecule has 1 aromatic heterocycles. The Hall–Kier alpha value is -3.63. The zero-order valence-corrected chi connectivity index (χ0v) is 19.8. The molecule has 2 aromatic carbocycles. The van der Waals surface area contributed by atoms with Gasteiger partial charge >= 0.3 is 0 Å². The van der Waals surface area contributed by atoms with E-state index in [1.807, 2.05) is 31.2 Å². The molecule has 2 amide bonds. The maximum atomic E-state index is 12.7. The molecule has 1 atom stereocenters. The van der Waals surface area contributed by atoms with Crippen LogP contribution in [0.1, 0.15) is 27.8 Å². The van der Waals surface area contributed by atoms with Gasteiger partial charge in [-0.1, -0.05) is 36.0 Å². The zero-order valence-electron chi connectivity index (χ0n) is 19.0. The highest BCUT2D eigenvalue weighted by atomic mass is 32.2. The predicted molar refractivity (Wildman–Crippen MR) is 131 cm³/mol. The van der Waals surface area contributed by atoms with E-state index in [0.717, 1.165) is 11.3 Å². The van der Waals surface area contributed by atoms with Crippen LogP contribution < -0.4 is 15.4 Å². The van der Waals surface area contributed by atoms with E-state index in [9.17, 15) is 14.7 Å². The molecule has 9 nitrogen and oxygen atoms in total. The fraction of sp³-hybridized carbons (Fsp3) is 0.250. The van der Waals surface area contributed by atoms with Gasteiger partial charge in [-0.15, -0.1) is 16.8 Å². The number of methoxy groups -OCH3 is 1. The molecule has 0 radical (unpaired) electrons. The molecule has 1 heterocycles. The standard InChI is InChI=1S/C24H27N5O4S/c1-4-13-29-22(20(14-30)26-23(32)17-9-11-18(33-3)12-10-17)27-28-24(29)34-15-21(31)25-19-8-6-5-7-16(19)2/h4-12,20,30H,1,13-15H2,2-3H3,(H,25,31)(H,26,32)/t20-/m0/s1. The second-order valence-electron chi connectivity index (χ2n) is 7.33. The van der Waals surface area contributed by atoms with Crippen molar-refractivity contribution in [3.8, 4) is 5.75 Å². The van der Waals surface area contributed by atoms with Crippen molar-refractivity contribution >= 4 is 29.3 Å². The Kier molecular flexibility index (Phi) is 8.83. The minimum absolute atomic E-state index is 0.117. The molecule has 178 valence electrons. The minimum atomic E-state index is -0.794. The molecule has 34 heavy (non-hydrogen) atoms. The van der Waals surface area contributed by atoms with Crippen LogP contribution in [0.3, 0.4) is 0 Å². The molecule has 0 bridgehead atoms. The number of nitrogens with one attached hydrogen (secondary N) is 2. The third-order valence-corrected chi connectivity index (χ3v) is 5.93. The summed E-state index contributed by atoms with van der Waals surface area (Å²) in [4.78, 5) is 25.1. The third-order valence-electron chi connectivity index (χ3n) is 4.96. The molecule has 0 saturated heterocycles. The number of thioether (sulfide) groups is 1. The van der Waals surface area contributed by atoms with Gasteiger partial charge in [0, 0.05) is 17.8 Å². The minimum Gasteiger partial charge on any atom is -0.497 e. The highest BCUT2D eigenvalue weighted by Crippen LogP contribution is 2.22. The van der Waals surface area contributed by atoms with Crippen LogP contribution in [0, 0.1) is 6.92 Å². The number of aromatic nitrogens is 3. The van der Waals surface area contributed by atoms with Gasteiger partial charge in [0.15, 0.2) is 11.0 Å². The molecule has 3 aromatic rings. The highest BCUT2D eigenvalue weighted by Gasteiger charge is 2.23. The normalized spacial score (nSPS) is 11.5.